The summed E-state index contributed by atoms with van der Waals surface area (Å²) in [5, 5.41) is 3.72. The molecule has 8 heteroatoms. The van der Waals surface area contributed by atoms with E-state index in [1.165, 1.54) is 0 Å². The van der Waals surface area contributed by atoms with Gasteiger partial charge in [-0.2, -0.15) is 0 Å². The number of hydrogen-bond donors (Lipinski definition) is 0. The molecule has 1 aliphatic rings. The Morgan fingerprint density at radius 3 is 2.69 bits per heavy atom. The first-order valence-corrected chi connectivity index (χ1v) is 6.29. The van der Waals surface area contributed by atoms with Gasteiger partial charge in [0.2, 0.25) is 0 Å². The van der Waals surface area contributed by atoms with Crippen LogP contribution in [0.15, 0.2) is 0 Å². The number of carbonyl (C=O) groups is 1. The predicted molar refractivity (Wildman–Crippen MR) is 61.9 cm³/mol. The van der Waals surface area contributed by atoms with E-state index in [2.05, 4.69) is 9.59 Å². The SMILES string of the molecule is CC1(C(=O)OCc2nnsc2Cl)CC1(Cl)Cl. The molecule has 1 aliphatic carbocycles. The molecule has 4 nitrogen and oxygen atoms in total. The fourth-order valence-electron chi connectivity index (χ4n) is 1.20. The molecule has 0 radical (unpaired) electrons. The lowest BCUT2D eigenvalue weighted by atomic mass is 10.1. The maximum atomic E-state index is 11.7. The summed E-state index contributed by atoms with van der Waals surface area (Å²) in [6, 6.07) is 0. The number of halogens is 3. The van der Waals surface area contributed by atoms with E-state index in [-0.39, 0.29) is 6.61 Å². The third-order valence-corrected chi connectivity index (χ3v) is 4.64. The van der Waals surface area contributed by atoms with Crippen LogP contribution in [0, 0.1) is 5.41 Å². The fraction of sp³-hybridized carbons (Fsp3) is 0.625. The minimum Gasteiger partial charge on any atom is -0.459 e. The Balaban J connectivity index is 1.93. The maximum Gasteiger partial charge on any atom is 0.315 e. The summed E-state index contributed by atoms with van der Waals surface area (Å²) in [5.41, 5.74) is -0.384. The second-order valence-electron chi connectivity index (χ2n) is 3.78. The number of aromatic nitrogens is 2. The first kappa shape index (κ1) is 12.4. The Hall–Kier alpha value is -0.100. The van der Waals surface area contributed by atoms with Crippen molar-refractivity contribution in [2.75, 3.05) is 0 Å². The Kier molecular flexibility index (Phi) is 3.07. The normalized spacial score (nSPS) is 26.5. The zero-order valence-corrected chi connectivity index (χ0v) is 11.3. The Bertz CT molecular complexity index is 437. The van der Waals surface area contributed by atoms with Gasteiger partial charge in [0.05, 0.1) is 0 Å². The van der Waals surface area contributed by atoms with Crippen LogP contribution in [0.25, 0.3) is 0 Å². The van der Waals surface area contributed by atoms with Gasteiger partial charge in [-0.05, 0) is 6.92 Å². The van der Waals surface area contributed by atoms with Gasteiger partial charge in [-0.3, -0.25) is 4.79 Å². The molecule has 1 atom stereocenters. The molecule has 2 rings (SSSR count). The van der Waals surface area contributed by atoms with E-state index in [0.717, 1.165) is 11.5 Å². The van der Waals surface area contributed by atoms with Crippen molar-refractivity contribution in [2.45, 2.75) is 24.3 Å². The highest BCUT2D eigenvalue weighted by atomic mass is 35.5. The van der Waals surface area contributed by atoms with E-state index in [0.29, 0.717) is 16.5 Å². The van der Waals surface area contributed by atoms with E-state index in [4.69, 9.17) is 39.5 Å². The topological polar surface area (TPSA) is 52.1 Å². The minimum atomic E-state index is -1.02. The van der Waals surface area contributed by atoms with Crippen LogP contribution >= 0.6 is 46.3 Å². The summed E-state index contributed by atoms with van der Waals surface area (Å²) in [5.74, 6) is -0.443. The number of alkyl halides is 2. The van der Waals surface area contributed by atoms with E-state index in [9.17, 15) is 4.79 Å². The summed E-state index contributed by atoms with van der Waals surface area (Å²) in [7, 11) is 0. The molecule has 1 fully saturated rings. The molecule has 1 unspecified atom stereocenters. The van der Waals surface area contributed by atoms with Gasteiger partial charge in [-0.25, -0.2) is 0 Å². The van der Waals surface area contributed by atoms with E-state index >= 15 is 0 Å². The Morgan fingerprint density at radius 2 is 2.25 bits per heavy atom. The molecule has 1 aromatic rings. The van der Waals surface area contributed by atoms with Crippen LogP contribution in [-0.2, 0) is 16.1 Å². The van der Waals surface area contributed by atoms with Crippen LogP contribution < -0.4 is 0 Å². The van der Waals surface area contributed by atoms with Crippen molar-refractivity contribution in [3.8, 4) is 0 Å². The summed E-state index contributed by atoms with van der Waals surface area (Å²) in [6.07, 6.45) is 0.394. The second kappa shape index (κ2) is 3.98. The van der Waals surface area contributed by atoms with Crippen molar-refractivity contribution in [2.24, 2.45) is 5.41 Å². The van der Waals surface area contributed by atoms with Crippen LogP contribution in [0.5, 0.6) is 0 Å². The highest BCUT2D eigenvalue weighted by molar-refractivity contribution is 7.10. The van der Waals surface area contributed by atoms with Gasteiger partial charge in [-0.15, -0.1) is 28.3 Å². The van der Waals surface area contributed by atoms with Crippen molar-refractivity contribution in [3.63, 3.8) is 0 Å². The molecule has 0 N–H and O–H groups in total. The third-order valence-electron chi connectivity index (χ3n) is 2.56. The van der Waals surface area contributed by atoms with Gasteiger partial charge in [0.1, 0.15) is 26.4 Å². The van der Waals surface area contributed by atoms with Gasteiger partial charge in [0.25, 0.3) is 0 Å². The predicted octanol–water partition coefficient (Wildman–Crippen LogP) is 2.82. The second-order valence-corrected chi connectivity index (χ2v) is 6.62. The van der Waals surface area contributed by atoms with Crippen molar-refractivity contribution < 1.29 is 9.53 Å². The first-order valence-electron chi connectivity index (χ1n) is 4.38. The zero-order chi connectivity index (χ0) is 12.0. The molecule has 1 aromatic heterocycles. The van der Waals surface area contributed by atoms with Crippen LogP contribution in [0.4, 0.5) is 0 Å². The van der Waals surface area contributed by atoms with Gasteiger partial charge in [-0.1, -0.05) is 16.1 Å². The summed E-state index contributed by atoms with van der Waals surface area (Å²) in [4.78, 5) is 11.7. The van der Waals surface area contributed by atoms with Crippen molar-refractivity contribution in [1.29, 1.82) is 0 Å². The molecule has 0 bridgehead atoms. The van der Waals surface area contributed by atoms with Crippen LogP contribution in [-0.4, -0.2) is 19.9 Å². The van der Waals surface area contributed by atoms with E-state index in [1.54, 1.807) is 6.92 Å². The van der Waals surface area contributed by atoms with Crippen LogP contribution in [0.1, 0.15) is 19.0 Å². The summed E-state index contributed by atoms with van der Waals surface area (Å²) < 4.78 is 8.06. The fourth-order valence-corrected chi connectivity index (χ4v) is 2.49. The summed E-state index contributed by atoms with van der Waals surface area (Å²) >= 11 is 18.5. The molecule has 1 saturated carbocycles. The third kappa shape index (κ3) is 2.01. The average Bonchev–Trinajstić information content (AvgIpc) is 2.57. The quantitative estimate of drug-likeness (QED) is 0.636. The molecular formula is C8H7Cl3N2O2S. The molecule has 88 valence electrons. The van der Waals surface area contributed by atoms with Gasteiger partial charge < -0.3 is 4.74 Å². The van der Waals surface area contributed by atoms with E-state index in [1.807, 2.05) is 0 Å². The molecule has 0 amide bonds. The Morgan fingerprint density at radius 1 is 1.62 bits per heavy atom. The van der Waals surface area contributed by atoms with Crippen LogP contribution in [0.2, 0.25) is 4.34 Å². The summed E-state index contributed by atoms with van der Waals surface area (Å²) in [6.45, 7) is 1.66. The number of carbonyl (C=O) groups excluding carboxylic acids is 1. The average molecular weight is 302 g/mol. The minimum absolute atomic E-state index is 0.00633. The molecule has 0 aliphatic heterocycles. The number of rotatable bonds is 3. The first-order chi connectivity index (χ1) is 7.37. The number of hydrogen-bond acceptors (Lipinski definition) is 5. The number of nitrogens with zero attached hydrogens (tertiary/aromatic N) is 2. The highest BCUT2D eigenvalue weighted by Crippen LogP contribution is 2.64. The zero-order valence-electron chi connectivity index (χ0n) is 8.17. The van der Waals surface area contributed by atoms with Gasteiger partial charge >= 0.3 is 5.97 Å². The lowest BCUT2D eigenvalue weighted by molar-refractivity contribution is -0.151. The monoisotopic (exact) mass is 300 g/mol. The number of esters is 1. The number of ether oxygens (including phenoxy) is 1. The smallest absolute Gasteiger partial charge is 0.315 e. The maximum absolute atomic E-state index is 11.7. The van der Waals surface area contributed by atoms with Gasteiger partial charge in [0, 0.05) is 18.0 Å². The van der Waals surface area contributed by atoms with Crippen molar-refractivity contribution >= 4 is 52.3 Å². The molecular weight excluding hydrogens is 295 g/mol. The lowest BCUT2D eigenvalue weighted by Crippen LogP contribution is -2.21. The molecule has 0 aromatic carbocycles. The molecule has 0 saturated heterocycles. The molecule has 16 heavy (non-hydrogen) atoms. The standard InChI is InChI=1S/C8H7Cl3N2O2S/c1-7(3-8(7,10)11)6(14)15-2-4-5(9)16-13-12-4/h2-3H2,1H3. The largest absolute Gasteiger partial charge is 0.459 e. The van der Waals surface area contributed by atoms with Gasteiger partial charge in [0.15, 0.2) is 0 Å². The molecule has 1 heterocycles. The highest BCUT2D eigenvalue weighted by Gasteiger charge is 2.69. The van der Waals surface area contributed by atoms with Crippen LogP contribution in [0.3, 0.4) is 0 Å². The molecule has 0 spiro atoms. The van der Waals surface area contributed by atoms with E-state index < -0.39 is 15.7 Å². The van der Waals surface area contributed by atoms with Crippen molar-refractivity contribution in [3.05, 3.63) is 10.0 Å². The Labute approximate surface area is 111 Å². The van der Waals surface area contributed by atoms with Crippen molar-refractivity contribution in [1.82, 2.24) is 9.59 Å². The lowest BCUT2D eigenvalue weighted by Gasteiger charge is -2.10.